The van der Waals surface area contributed by atoms with Crippen LogP contribution in [-0.2, 0) is 10.8 Å². The van der Waals surface area contributed by atoms with E-state index in [1.807, 2.05) is 0 Å². The third-order valence-electron chi connectivity index (χ3n) is 16.6. The molecule has 0 fully saturated rings. The lowest BCUT2D eigenvalue weighted by Gasteiger charge is -2.35. The van der Waals surface area contributed by atoms with Crippen LogP contribution in [-0.4, -0.2) is 0 Å². The summed E-state index contributed by atoms with van der Waals surface area (Å²) in [6, 6.07) is 111. The Kier molecular flexibility index (Phi) is 9.77. The van der Waals surface area contributed by atoms with Crippen LogP contribution in [0.1, 0.15) is 44.5 Å². The molecule has 0 N–H and O–H groups in total. The minimum atomic E-state index is -0.586. The highest BCUT2D eigenvalue weighted by Crippen LogP contribution is 2.64. The summed E-state index contributed by atoms with van der Waals surface area (Å²) in [5.74, 6) is 0. The second-order valence-corrected chi connectivity index (χ2v) is 20.2. The van der Waals surface area contributed by atoms with Gasteiger partial charge in [-0.05, 0) is 136 Å². The third-order valence-corrected chi connectivity index (χ3v) is 16.6. The van der Waals surface area contributed by atoms with Crippen LogP contribution in [0.15, 0.2) is 297 Å². The maximum Gasteiger partial charge on any atom is 0.0725 e. The molecule has 350 valence electrons. The first-order valence-corrected chi connectivity index (χ1v) is 26.2. The molecule has 1 spiro atoms. The molecule has 3 aliphatic carbocycles. The molecular formula is C74H49N. The zero-order valence-corrected chi connectivity index (χ0v) is 41.2. The van der Waals surface area contributed by atoms with Crippen molar-refractivity contribution in [1.29, 1.82) is 0 Å². The van der Waals surface area contributed by atoms with Gasteiger partial charge in [-0.2, -0.15) is 0 Å². The largest absolute Gasteiger partial charge is 0.310 e. The number of nitrogens with zero attached hydrogens (tertiary/aromatic N) is 1. The normalized spacial score (nSPS) is 13.5. The molecule has 0 aliphatic heterocycles. The summed E-state index contributed by atoms with van der Waals surface area (Å²) in [7, 11) is 0. The van der Waals surface area contributed by atoms with Gasteiger partial charge in [0.1, 0.15) is 0 Å². The van der Waals surface area contributed by atoms with Crippen LogP contribution in [0.5, 0.6) is 0 Å². The second kappa shape index (κ2) is 17.0. The second-order valence-electron chi connectivity index (χ2n) is 20.2. The lowest BCUT2D eigenvalue weighted by atomic mass is 9.67. The summed E-state index contributed by atoms with van der Waals surface area (Å²) in [5.41, 5.74) is 27.3. The first-order valence-electron chi connectivity index (χ1n) is 26.2. The number of fused-ring (bicyclic) bond motifs is 13. The van der Waals surface area contributed by atoms with Crippen LogP contribution in [0, 0.1) is 0 Å². The summed E-state index contributed by atoms with van der Waals surface area (Å²) in [4.78, 5) is 2.57. The smallest absolute Gasteiger partial charge is 0.0725 e. The van der Waals surface area contributed by atoms with Crippen molar-refractivity contribution in [3.63, 3.8) is 0 Å². The summed E-state index contributed by atoms with van der Waals surface area (Å²) in [5, 5.41) is 0. The lowest BCUT2D eigenvalue weighted by Crippen LogP contribution is -2.28. The molecule has 0 saturated heterocycles. The maximum absolute atomic E-state index is 2.57. The van der Waals surface area contributed by atoms with E-state index in [4.69, 9.17) is 0 Å². The van der Waals surface area contributed by atoms with Gasteiger partial charge in [0.2, 0.25) is 0 Å². The number of rotatable bonds is 8. The van der Waals surface area contributed by atoms with E-state index in [0.717, 1.165) is 22.6 Å². The SMILES string of the molecule is c1ccc(-c2ccccc2-c2c(-c3ccccc3)cccc2N(c2ccc3c(c2)-c2ccccc2C32c3ccccc3-c3ccccc32)c2ccc3c(c2)C(c2ccccc2)(c2ccccc2)c2ccccc2-3)cc1. The van der Waals surface area contributed by atoms with E-state index in [2.05, 4.69) is 302 Å². The van der Waals surface area contributed by atoms with Gasteiger partial charge in [-0.15, -0.1) is 0 Å². The Hall–Kier alpha value is -9.56. The molecule has 1 nitrogen and oxygen atoms in total. The highest BCUT2D eigenvalue weighted by molar-refractivity contribution is 6.03. The van der Waals surface area contributed by atoms with Crippen molar-refractivity contribution in [2.75, 3.05) is 4.90 Å². The number of anilines is 3. The van der Waals surface area contributed by atoms with Crippen molar-refractivity contribution in [1.82, 2.24) is 0 Å². The Morgan fingerprint density at radius 3 is 1.13 bits per heavy atom. The van der Waals surface area contributed by atoms with Gasteiger partial charge in [-0.3, -0.25) is 0 Å². The maximum atomic E-state index is 2.57. The molecule has 0 amide bonds. The summed E-state index contributed by atoms with van der Waals surface area (Å²) >= 11 is 0. The van der Waals surface area contributed by atoms with Gasteiger partial charge >= 0.3 is 0 Å². The van der Waals surface area contributed by atoms with Crippen LogP contribution in [0.2, 0.25) is 0 Å². The predicted molar refractivity (Wildman–Crippen MR) is 311 cm³/mol. The van der Waals surface area contributed by atoms with E-state index in [9.17, 15) is 0 Å². The summed E-state index contributed by atoms with van der Waals surface area (Å²) in [6.07, 6.45) is 0. The van der Waals surface area contributed by atoms with Crippen molar-refractivity contribution in [2.24, 2.45) is 0 Å². The number of hydrogen-bond donors (Lipinski definition) is 0. The highest BCUT2D eigenvalue weighted by Gasteiger charge is 2.52. The summed E-state index contributed by atoms with van der Waals surface area (Å²) in [6.45, 7) is 0. The summed E-state index contributed by atoms with van der Waals surface area (Å²) < 4.78 is 0. The van der Waals surface area contributed by atoms with E-state index in [-0.39, 0.29) is 0 Å². The molecule has 3 aliphatic rings. The molecule has 0 bridgehead atoms. The first kappa shape index (κ1) is 43.1. The van der Waals surface area contributed by atoms with Crippen LogP contribution < -0.4 is 4.90 Å². The zero-order valence-electron chi connectivity index (χ0n) is 41.2. The molecule has 15 rings (SSSR count). The zero-order chi connectivity index (χ0) is 49.5. The molecule has 0 atom stereocenters. The van der Waals surface area contributed by atoms with Crippen molar-refractivity contribution >= 4 is 17.1 Å². The Morgan fingerprint density at radius 1 is 0.213 bits per heavy atom. The fourth-order valence-electron chi connectivity index (χ4n) is 13.7. The predicted octanol–water partition coefficient (Wildman–Crippen LogP) is 18.9. The molecule has 0 heterocycles. The van der Waals surface area contributed by atoms with E-state index in [0.29, 0.717) is 0 Å². The minimum absolute atomic E-state index is 0.459. The van der Waals surface area contributed by atoms with Gasteiger partial charge in [0.15, 0.2) is 0 Å². The van der Waals surface area contributed by atoms with Gasteiger partial charge in [-0.1, -0.05) is 267 Å². The van der Waals surface area contributed by atoms with Crippen molar-refractivity contribution < 1.29 is 0 Å². The minimum Gasteiger partial charge on any atom is -0.310 e. The van der Waals surface area contributed by atoms with Gasteiger partial charge < -0.3 is 4.90 Å². The molecular weight excluding hydrogens is 903 g/mol. The van der Waals surface area contributed by atoms with Crippen LogP contribution in [0.4, 0.5) is 17.1 Å². The molecule has 0 aromatic heterocycles. The fourth-order valence-corrected chi connectivity index (χ4v) is 13.7. The molecule has 12 aromatic rings. The van der Waals surface area contributed by atoms with E-state index < -0.39 is 10.8 Å². The van der Waals surface area contributed by atoms with Crippen molar-refractivity contribution in [3.8, 4) is 66.8 Å². The molecule has 0 saturated carbocycles. The Labute approximate surface area is 439 Å². The van der Waals surface area contributed by atoms with E-state index in [1.165, 1.54) is 106 Å². The van der Waals surface area contributed by atoms with Gasteiger partial charge in [0, 0.05) is 16.9 Å². The van der Waals surface area contributed by atoms with Crippen molar-refractivity contribution in [3.05, 3.63) is 342 Å². The number of hydrogen-bond acceptors (Lipinski definition) is 1. The van der Waals surface area contributed by atoms with Gasteiger partial charge in [-0.25, -0.2) is 0 Å². The van der Waals surface area contributed by atoms with E-state index >= 15 is 0 Å². The fraction of sp³-hybridized carbons (Fsp3) is 0.0270. The van der Waals surface area contributed by atoms with Crippen LogP contribution in [0.3, 0.4) is 0 Å². The molecule has 1 heteroatoms. The Bertz CT molecular complexity index is 4090. The quantitative estimate of drug-likeness (QED) is 0.147. The monoisotopic (exact) mass is 951 g/mol. The molecule has 0 radical (unpaired) electrons. The third kappa shape index (κ3) is 6.19. The van der Waals surface area contributed by atoms with Gasteiger partial charge in [0.25, 0.3) is 0 Å². The number of benzene rings is 12. The molecule has 75 heavy (non-hydrogen) atoms. The van der Waals surface area contributed by atoms with Crippen LogP contribution in [0.25, 0.3) is 66.8 Å². The Morgan fingerprint density at radius 2 is 0.587 bits per heavy atom. The first-order chi connectivity index (χ1) is 37.2. The molecule has 0 unspecified atom stereocenters. The average Bonchev–Trinajstić information content (AvgIpc) is 4.12. The van der Waals surface area contributed by atoms with Gasteiger partial charge in [0.05, 0.1) is 16.5 Å². The standard InChI is InChI=1S/C74H49N/c1-5-24-50(25-6-1)56-32-13-14-37-63(56)72-57(51-26-7-2-8-27-51)38-23-43-71(72)75(55-44-46-62-60-35-15-19-39-65(60)73(70(62)49-55,52-28-9-3-10-29-52)53-30-11-4-12-31-53)54-45-47-69-64(48-54)61-36-18-22-42-68(61)74(69)66-40-20-16-33-58(66)59-34-17-21-41-67(59)74/h1-49H. The molecule has 12 aromatic carbocycles. The van der Waals surface area contributed by atoms with E-state index in [1.54, 1.807) is 0 Å². The Balaban J connectivity index is 1.05. The lowest BCUT2D eigenvalue weighted by molar-refractivity contribution is 0.768. The topological polar surface area (TPSA) is 3.24 Å². The van der Waals surface area contributed by atoms with Crippen molar-refractivity contribution in [2.45, 2.75) is 10.8 Å². The highest BCUT2D eigenvalue weighted by atomic mass is 15.1. The average molecular weight is 952 g/mol. The van der Waals surface area contributed by atoms with Crippen LogP contribution >= 0.6 is 0 Å².